The molecule has 164 valence electrons. The van der Waals surface area contributed by atoms with Gasteiger partial charge in [-0.3, -0.25) is 9.59 Å². The van der Waals surface area contributed by atoms with Gasteiger partial charge in [0.2, 0.25) is 0 Å². The predicted octanol–water partition coefficient (Wildman–Crippen LogP) is 6.46. The average Bonchev–Trinajstić information content (AvgIpc) is 2.69. The zero-order chi connectivity index (χ0) is 20.6. The second-order valence-corrected chi connectivity index (χ2v) is 8.84. The fraction of sp³-hybridized carbons (Fsp3) is 0.917. The van der Waals surface area contributed by atoms with Crippen LogP contribution in [0.5, 0.6) is 0 Å². The van der Waals surface area contributed by atoms with Gasteiger partial charge >= 0.3 is 11.9 Å². The molecular formula is C24H44O4. The van der Waals surface area contributed by atoms with Crippen LogP contribution in [0, 0.1) is 17.8 Å². The van der Waals surface area contributed by atoms with Crippen molar-refractivity contribution in [2.75, 3.05) is 13.2 Å². The summed E-state index contributed by atoms with van der Waals surface area (Å²) in [7, 11) is 0. The van der Waals surface area contributed by atoms with E-state index in [4.69, 9.17) is 9.47 Å². The number of unbranched alkanes of at least 4 members (excludes halogenated alkanes) is 7. The van der Waals surface area contributed by atoms with E-state index < -0.39 is 0 Å². The Morgan fingerprint density at radius 2 is 1.21 bits per heavy atom. The molecule has 0 amide bonds. The summed E-state index contributed by atoms with van der Waals surface area (Å²) in [5.74, 6) is -0.179. The van der Waals surface area contributed by atoms with E-state index in [0.717, 1.165) is 50.9 Å². The van der Waals surface area contributed by atoms with Gasteiger partial charge in [0, 0.05) is 0 Å². The Morgan fingerprint density at radius 1 is 0.750 bits per heavy atom. The predicted molar refractivity (Wildman–Crippen MR) is 114 cm³/mol. The van der Waals surface area contributed by atoms with Crippen molar-refractivity contribution in [1.82, 2.24) is 0 Å². The lowest BCUT2D eigenvalue weighted by Crippen LogP contribution is -2.35. The number of carbonyl (C=O) groups excluding carboxylic acids is 2. The van der Waals surface area contributed by atoms with E-state index >= 15 is 0 Å². The number of hydrogen-bond acceptors (Lipinski definition) is 4. The number of carbonyl (C=O) groups is 2. The smallest absolute Gasteiger partial charge is 0.309 e. The minimum absolute atomic E-state index is 0.191. The Bertz CT molecular complexity index is 419. The highest BCUT2D eigenvalue weighted by Gasteiger charge is 2.37. The highest BCUT2D eigenvalue weighted by atomic mass is 16.5. The van der Waals surface area contributed by atoms with Gasteiger partial charge in [-0.25, -0.2) is 0 Å². The lowest BCUT2D eigenvalue weighted by atomic mass is 9.79. The molecule has 1 rings (SSSR count). The summed E-state index contributed by atoms with van der Waals surface area (Å²) in [5.41, 5.74) is 0. The highest BCUT2D eigenvalue weighted by molar-refractivity contribution is 5.82. The van der Waals surface area contributed by atoms with Crippen LogP contribution in [0.25, 0.3) is 0 Å². The van der Waals surface area contributed by atoms with Crippen molar-refractivity contribution in [3.05, 3.63) is 0 Å². The van der Waals surface area contributed by atoms with Gasteiger partial charge in [-0.2, -0.15) is 0 Å². The molecule has 1 aliphatic carbocycles. The zero-order valence-electron chi connectivity index (χ0n) is 18.7. The van der Waals surface area contributed by atoms with Crippen molar-refractivity contribution in [1.29, 1.82) is 0 Å². The minimum Gasteiger partial charge on any atom is -0.465 e. The second-order valence-electron chi connectivity index (χ2n) is 8.84. The lowest BCUT2D eigenvalue weighted by Gasteiger charge is -2.28. The first-order chi connectivity index (χ1) is 13.6. The molecule has 1 fully saturated rings. The Kier molecular flexibility index (Phi) is 14.1. The fourth-order valence-corrected chi connectivity index (χ4v) is 4.00. The molecule has 2 atom stereocenters. The molecule has 1 aliphatic rings. The van der Waals surface area contributed by atoms with Crippen molar-refractivity contribution in [3.8, 4) is 0 Å². The molecule has 4 nitrogen and oxygen atoms in total. The Labute approximate surface area is 173 Å². The van der Waals surface area contributed by atoms with E-state index in [2.05, 4.69) is 13.8 Å². The van der Waals surface area contributed by atoms with Crippen LogP contribution in [-0.2, 0) is 19.1 Å². The van der Waals surface area contributed by atoms with Crippen molar-refractivity contribution >= 4 is 11.9 Å². The zero-order valence-corrected chi connectivity index (χ0v) is 18.7. The minimum atomic E-state index is -0.302. The largest absolute Gasteiger partial charge is 0.465 e. The molecule has 2 unspecified atom stereocenters. The van der Waals surface area contributed by atoms with E-state index in [-0.39, 0.29) is 23.8 Å². The molecular weight excluding hydrogens is 352 g/mol. The van der Waals surface area contributed by atoms with Crippen LogP contribution in [0.1, 0.15) is 111 Å². The molecule has 0 spiro atoms. The van der Waals surface area contributed by atoms with Crippen LogP contribution < -0.4 is 0 Å². The number of hydrogen-bond donors (Lipinski definition) is 0. The standard InChI is InChI=1S/C24H44O4/c1-4-18-27-23(25)21-16-12-13-17-22(21)24(26)28-19-14-10-8-6-5-7-9-11-15-20(2)3/h20-22H,4-19H2,1-3H3. The van der Waals surface area contributed by atoms with Crippen molar-refractivity contribution in [3.63, 3.8) is 0 Å². The lowest BCUT2D eigenvalue weighted by molar-refractivity contribution is -0.163. The van der Waals surface area contributed by atoms with Crippen LogP contribution in [0.3, 0.4) is 0 Å². The van der Waals surface area contributed by atoms with Crippen molar-refractivity contribution in [2.45, 2.75) is 111 Å². The van der Waals surface area contributed by atoms with Crippen LogP contribution >= 0.6 is 0 Å². The van der Waals surface area contributed by atoms with Gasteiger partial charge in [-0.05, 0) is 31.6 Å². The monoisotopic (exact) mass is 396 g/mol. The van der Waals surface area contributed by atoms with Gasteiger partial charge in [0.05, 0.1) is 25.0 Å². The first-order valence-corrected chi connectivity index (χ1v) is 11.9. The summed E-state index contributed by atoms with van der Waals surface area (Å²) in [4.78, 5) is 24.7. The van der Waals surface area contributed by atoms with E-state index in [0.29, 0.717) is 13.2 Å². The number of ether oxygens (including phenoxy) is 2. The Hall–Kier alpha value is -1.06. The fourth-order valence-electron chi connectivity index (χ4n) is 4.00. The molecule has 28 heavy (non-hydrogen) atoms. The Balaban J connectivity index is 2.09. The maximum absolute atomic E-state index is 12.4. The van der Waals surface area contributed by atoms with E-state index in [1.54, 1.807) is 0 Å². The van der Waals surface area contributed by atoms with Crippen molar-refractivity contribution < 1.29 is 19.1 Å². The first kappa shape index (κ1) is 25.0. The van der Waals surface area contributed by atoms with Gasteiger partial charge in [0.1, 0.15) is 0 Å². The summed E-state index contributed by atoms with van der Waals surface area (Å²) in [5, 5.41) is 0. The molecule has 0 saturated heterocycles. The van der Waals surface area contributed by atoms with Gasteiger partial charge < -0.3 is 9.47 Å². The molecule has 0 aromatic heterocycles. The molecule has 4 heteroatoms. The summed E-state index contributed by atoms with van der Waals surface area (Å²) in [6.45, 7) is 7.49. The summed E-state index contributed by atoms with van der Waals surface area (Å²) in [6.07, 6.45) is 15.6. The normalized spacial score (nSPS) is 19.6. The third kappa shape index (κ3) is 11.1. The van der Waals surface area contributed by atoms with Crippen LogP contribution in [-0.4, -0.2) is 25.2 Å². The molecule has 0 radical (unpaired) electrons. The van der Waals surface area contributed by atoms with E-state index in [9.17, 15) is 9.59 Å². The topological polar surface area (TPSA) is 52.6 Å². The molecule has 0 aromatic rings. The molecule has 1 saturated carbocycles. The first-order valence-electron chi connectivity index (χ1n) is 11.9. The maximum Gasteiger partial charge on any atom is 0.309 e. The van der Waals surface area contributed by atoms with Crippen LogP contribution in [0.4, 0.5) is 0 Å². The van der Waals surface area contributed by atoms with Gasteiger partial charge in [0.15, 0.2) is 0 Å². The third-order valence-electron chi connectivity index (χ3n) is 5.74. The average molecular weight is 397 g/mol. The van der Waals surface area contributed by atoms with Crippen LogP contribution in [0.2, 0.25) is 0 Å². The summed E-state index contributed by atoms with van der Waals surface area (Å²) >= 11 is 0. The molecule has 0 aromatic carbocycles. The van der Waals surface area contributed by atoms with Gasteiger partial charge in [0.25, 0.3) is 0 Å². The highest BCUT2D eigenvalue weighted by Crippen LogP contribution is 2.32. The number of esters is 2. The third-order valence-corrected chi connectivity index (χ3v) is 5.74. The molecule has 0 N–H and O–H groups in total. The Morgan fingerprint density at radius 3 is 1.71 bits per heavy atom. The van der Waals surface area contributed by atoms with E-state index in [1.807, 2.05) is 6.92 Å². The van der Waals surface area contributed by atoms with Gasteiger partial charge in [-0.15, -0.1) is 0 Å². The van der Waals surface area contributed by atoms with Gasteiger partial charge in [-0.1, -0.05) is 85.0 Å². The quantitative estimate of drug-likeness (QED) is 0.235. The molecule has 0 bridgehead atoms. The van der Waals surface area contributed by atoms with Crippen molar-refractivity contribution in [2.24, 2.45) is 17.8 Å². The second kappa shape index (κ2) is 15.8. The molecule has 0 aliphatic heterocycles. The van der Waals surface area contributed by atoms with E-state index in [1.165, 1.54) is 44.9 Å². The number of rotatable bonds is 15. The summed E-state index contributed by atoms with van der Waals surface area (Å²) < 4.78 is 10.8. The summed E-state index contributed by atoms with van der Waals surface area (Å²) in [6, 6.07) is 0. The SMILES string of the molecule is CCCOC(=O)C1CCCCC1C(=O)OCCCCCCCCCCC(C)C. The molecule has 0 heterocycles. The maximum atomic E-state index is 12.4. The van der Waals surface area contributed by atoms with Crippen LogP contribution in [0.15, 0.2) is 0 Å².